The number of benzene rings is 1. The summed E-state index contributed by atoms with van der Waals surface area (Å²) in [5.41, 5.74) is 3.29. The SMILES string of the molecule is Cc1cc(C)c2c(N(C(=O)N3CCC(c4cc(C)no4)CC3)[C@@H]3CCCNC3)nccc2c1. The van der Waals surface area contributed by atoms with Crippen LogP contribution in [0.15, 0.2) is 35.0 Å². The Morgan fingerprint density at radius 2 is 1.97 bits per heavy atom. The first-order valence-electron chi connectivity index (χ1n) is 12.1. The summed E-state index contributed by atoms with van der Waals surface area (Å²) in [7, 11) is 0. The van der Waals surface area contributed by atoms with Crippen LogP contribution in [0, 0.1) is 20.8 Å². The smallest absolute Gasteiger partial charge is 0.325 e. The summed E-state index contributed by atoms with van der Waals surface area (Å²) in [5, 5.41) is 9.74. The Bertz CT molecular complexity index is 1140. The highest BCUT2D eigenvalue weighted by Gasteiger charge is 2.35. The number of aromatic nitrogens is 2. The van der Waals surface area contributed by atoms with Gasteiger partial charge in [-0.1, -0.05) is 22.9 Å². The molecule has 1 atom stereocenters. The lowest BCUT2D eigenvalue weighted by atomic mass is 9.94. The molecular weight excluding hydrogens is 414 g/mol. The summed E-state index contributed by atoms with van der Waals surface area (Å²) in [6.45, 7) is 9.39. The minimum absolute atomic E-state index is 0.0656. The number of pyridine rings is 1. The number of nitrogens with one attached hydrogen (secondary N) is 1. The first kappa shape index (κ1) is 21.9. The van der Waals surface area contributed by atoms with Crippen LogP contribution in [0.1, 0.15) is 54.2 Å². The second kappa shape index (κ2) is 9.14. The number of amides is 2. The number of aryl methyl sites for hydroxylation is 3. The average molecular weight is 448 g/mol. The molecule has 33 heavy (non-hydrogen) atoms. The molecule has 3 aromatic rings. The highest BCUT2D eigenvalue weighted by Crippen LogP contribution is 2.34. The number of anilines is 1. The Morgan fingerprint density at radius 1 is 1.15 bits per heavy atom. The number of carbonyl (C=O) groups excluding carboxylic acids is 1. The van der Waals surface area contributed by atoms with Crippen molar-refractivity contribution in [1.82, 2.24) is 20.4 Å². The molecule has 0 aliphatic carbocycles. The molecule has 0 spiro atoms. The normalized spacial score (nSPS) is 19.7. The average Bonchev–Trinajstić information content (AvgIpc) is 3.26. The van der Waals surface area contributed by atoms with Gasteiger partial charge in [0.05, 0.1) is 11.7 Å². The van der Waals surface area contributed by atoms with Gasteiger partial charge in [-0.15, -0.1) is 0 Å². The predicted octanol–water partition coefficient (Wildman–Crippen LogP) is 4.71. The number of piperidine rings is 2. The van der Waals surface area contributed by atoms with Gasteiger partial charge < -0.3 is 14.7 Å². The molecule has 1 N–H and O–H groups in total. The van der Waals surface area contributed by atoms with Crippen molar-refractivity contribution < 1.29 is 9.32 Å². The van der Waals surface area contributed by atoms with Crippen LogP contribution in [0.2, 0.25) is 0 Å². The summed E-state index contributed by atoms with van der Waals surface area (Å²) in [6.07, 6.45) is 5.65. The molecule has 2 aromatic heterocycles. The van der Waals surface area contributed by atoms with E-state index < -0.39 is 0 Å². The maximum absolute atomic E-state index is 14.0. The van der Waals surface area contributed by atoms with E-state index >= 15 is 0 Å². The Morgan fingerprint density at radius 3 is 2.67 bits per heavy atom. The van der Waals surface area contributed by atoms with E-state index in [1.54, 1.807) is 0 Å². The van der Waals surface area contributed by atoms with Crippen molar-refractivity contribution in [3.05, 3.63) is 53.0 Å². The zero-order chi connectivity index (χ0) is 22.9. The van der Waals surface area contributed by atoms with E-state index in [4.69, 9.17) is 9.51 Å². The van der Waals surface area contributed by atoms with E-state index in [9.17, 15) is 4.79 Å². The van der Waals surface area contributed by atoms with E-state index in [0.717, 1.165) is 72.4 Å². The fourth-order valence-electron chi connectivity index (χ4n) is 5.43. The molecule has 174 valence electrons. The van der Waals surface area contributed by atoms with Crippen LogP contribution < -0.4 is 10.2 Å². The van der Waals surface area contributed by atoms with Crippen molar-refractivity contribution in [2.75, 3.05) is 31.1 Å². The number of rotatable bonds is 3. The maximum atomic E-state index is 14.0. The van der Waals surface area contributed by atoms with E-state index in [0.29, 0.717) is 19.0 Å². The van der Waals surface area contributed by atoms with Crippen LogP contribution in [-0.2, 0) is 0 Å². The van der Waals surface area contributed by atoms with Gasteiger partial charge in [-0.25, -0.2) is 9.78 Å². The Labute approximate surface area is 195 Å². The molecule has 2 fully saturated rings. The molecule has 0 radical (unpaired) electrons. The van der Waals surface area contributed by atoms with Gasteiger partial charge in [0.1, 0.15) is 11.6 Å². The zero-order valence-corrected chi connectivity index (χ0v) is 19.8. The molecule has 2 aliphatic rings. The molecule has 0 unspecified atom stereocenters. The minimum atomic E-state index is 0.0656. The molecular formula is C26H33N5O2. The zero-order valence-electron chi connectivity index (χ0n) is 19.8. The van der Waals surface area contributed by atoms with E-state index in [1.165, 1.54) is 5.56 Å². The van der Waals surface area contributed by atoms with Crippen molar-refractivity contribution in [1.29, 1.82) is 0 Å². The second-order valence-electron chi connectivity index (χ2n) is 9.60. The standard InChI is InChI=1S/C26H33N5O2/c1-17-13-18(2)24-21(14-17)6-10-28-25(24)31(22-5-4-9-27-16-22)26(32)30-11-7-20(8-12-30)23-15-19(3)29-33-23/h6,10,13-15,20,22,27H,4-5,7-9,11-12,16H2,1-3H3/t22-/m1/s1. The molecule has 2 aliphatic heterocycles. The molecule has 2 saturated heterocycles. The lowest BCUT2D eigenvalue weighted by Gasteiger charge is -2.40. The molecule has 7 nitrogen and oxygen atoms in total. The highest BCUT2D eigenvalue weighted by molar-refractivity contribution is 6.03. The number of fused-ring (bicyclic) bond motifs is 1. The third-order valence-electron chi connectivity index (χ3n) is 7.07. The van der Waals surface area contributed by atoms with E-state index in [1.807, 2.05) is 35.1 Å². The van der Waals surface area contributed by atoms with Crippen LogP contribution >= 0.6 is 0 Å². The largest absolute Gasteiger partial charge is 0.361 e. The second-order valence-corrected chi connectivity index (χ2v) is 9.60. The van der Waals surface area contributed by atoms with Crippen molar-refractivity contribution in [3.63, 3.8) is 0 Å². The Hall–Kier alpha value is -2.93. The minimum Gasteiger partial charge on any atom is -0.361 e. The number of carbonyl (C=O) groups is 1. The predicted molar refractivity (Wildman–Crippen MR) is 130 cm³/mol. The van der Waals surface area contributed by atoms with Crippen LogP contribution in [0.4, 0.5) is 10.6 Å². The lowest BCUT2D eigenvalue weighted by molar-refractivity contribution is 0.178. The third kappa shape index (κ3) is 4.34. The molecule has 0 saturated carbocycles. The summed E-state index contributed by atoms with van der Waals surface area (Å²) in [4.78, 5) is 22.8. The van der Waals surface area contributed by atoms with Crippen LogP contribution in [0.5, 0.6) is 0 Å². The van der Waals surface area contributed by atoms with E-state index in [-0.39, 0.29) is 12.1 Å². The third-order valence-corrected chi connectivity index (χ3v) is 7.07. The molecule has 4 heterocycles. The summed E-state index contributed by atoms with van der Waals surface area (Å²) < 4.78 is 5.50. The van der Waals surface area contributed by atoms with Gasteiger partial charge in [0, 0.05) is 43.2 Å². The highest BCUT2D eigenvalue weighted by atomic mass is 16.5. The monoisotopic (exact) mass is 447 g/mol. The van der Waals surface area contributed by atoms with Gasteiger partial charge in [-0.3, -0.25) is 4.90 Å². The van der Waals surface area contributed by atoms with Gasteiger partial charge in [0.15, 0.2) is 0 Å². The topological polar surface area (TPSA) is 74.5 Å². The number of nitrogens with zero attached hydrogens (tertiary/aromatic N) is 4. The summed E-state index contributed by atoms with van der Waals surface area (Å²) >= 11 is 0. The number of urea groups is 1. The lowest BCUT2D eigenvalue weighted by Crippen LogP contribution is -2.55. The van der Waals surface area contributed by atoms with Crippen LogP contribution in [0.3, 0.4) is 0 Å². The summed E-state index contributed by atoms with van der Waals surface area (Å²) in [6, 6.07) is 8.59. The van der Waals surface area contributed by atoms with Crippen LogP contribution in [-0.4, -0.2) is 53.3 Å². The summed E-state index contributed by atoms with van der Waals surface area (Å²) in [5.74, 6) is 2.05. The number of hydrogen-bond donors (Lipinski definition) is 1. The molecule has 1 aromatic carbocycles. The molecule has 2 amide bonds. The van der Waals surface area contributed by atoms with Crippen molar-refractivity contribution in [2.45, 2.75) is 58.4 Å². The number of hydrogen-bond acceptors (Lipinski definition) is 5. The Balaban J connectivity index is 1.45. The fourth-order valence-corrected chi connectivity index (χ4v) is 5.43. The van der Waals surface area contributed by atoms with Crippen molar-refractivity contribution in [3.8, 4) is 0 Å². The molecule has 5 rings (SSSR count). The van der Waals surface area contributed by atoms with Gasteiger partial charge in [0.2, 0.25) is 0 Å². The molecule has 7 heteroatoms. The fraction of sp³-hybridized carbons (Fsp3) is 0.500. The number of likely N-dealkylation sites (tertiary alicyclic amines) is 1. The van der Waals surface area contributed by atoms with Gasteiger partial charge in [0.25, 0.3) is 0 Å². The maximum Gasteiger partial charge on any atom is 0.325 e. The Kier molecular flexibility index (Phi) is 6.06. The van der Waals surface area contributed by atoms with Gasteiger partial charge in [-0.05, 0) is 70.0 Å². The quantitative estimate of drug-likeness (QED) is 0.630. The van der Waals surface area contributed by atoms with E-state index in [2.05, 4.69) is 36.5 Å². The molecule has 0 bridgehead atoms. The van der Waals surface area contributed by atoms with Crippen LogP contribution in [0.25, 0.3) is 10.8 Å². The van der Waals surface area contributed by atoms with Crippen molar-refractivity contribution in [2.24, 2.45) is 0 Å². The van der Waals surface area contributed by atoms with Gasteiger partial charge in [-0.2, -0.15) is 0 Å². The first-order chi connectivity index (χ1) is 16.0. The first-order valence-corrected chi connectivity index (χ1v) is 12.1. The van der Waals surface area contributed by atoms with Crippen molar-refractivity contribution >= 4 is 22.6 Å². The van der Waals surface area contributed by atoms with Gasteiger partial charge >= 0.3 is 6.03 Å².